The van der Waals surface area contributed by atoms with Gasteiger partial charge in [-0.2, -0.15) is 13.2 Å². The van der Waals surface area contributed by atoms with Crippen LogP contribution in [0, 0.1) is 5.82 Å². The number of methoxy groups -OCH3 is 1. The lowest BCUT2D eigenvalue weighted by atomic mass is 9.98. The fourth-order valence-electron chi connectivity index (χ4n) is 5.34. The molecule has 0 unspecified atom stereocenters. The van der Waals surface area contributed by atoms with Crippen LogP contribution in [-0.2, 0) is 15.7 Å². The summed E-state index contributed by atoms with van der Waals surface area (Å²) in [6.07, 6.45) is 2.86. The number of esters is 1. The van der Waals surface area contributed by atoms with Gasteiger partial charge in [0, 0.05) is 35.1 Å². The third-order valence-electron chi connectivity index (χ3n) is 7.92. The second-order valence-corrected chi connectivity index (χ2v) is 11.5. The van der Waals surface area contributed by atoms with Gasteiger partial charge in [0.2, 0.25) is 0 Å². The number of halogens is 4. The molecule has 5 rings (SSSR count). The number of anilines is 2. The van der Waals surface area contributed by atoms with Gasteiger partial charge < -0.3 is 35.3 Å². The largest absolute Gasteiger partial charge is 0.493 e. The zero-order chi connectivity index (χ0) is 35.0. The summed E-state index contributed by atoms with van der Waals surface area (Å²) in [4.78, 5) is 29.1. The van der Waals surface area contributed by atoms with Crippen LogP contribution >= 0.6 is 0 Å². The summed E-state index contributed by atoms with van der Waals surface area (Å²) in [5.74, 6) is -0.253. The Labute approximate surface area is 279 Å². The van der Waals surface area contributed by atoms with Gasteiger partial charge in [-0.15, -0.1) is 0 Å². The minimum atomic E-state index is -4.50. The number of nitrogens with zero attached hydrogens (tertiary/aromatic N) is 1. The molecule has 4 aromatic rings. The molecular weight excluding hydrogens is 648 g/mol. The van der Waals surface area contributed by atoms with Crippen LogP contribution in [0.5, 0.6) is 23.0 Å². The number of amides is 2. The summed E-state index contributed by atoms with van der Waals surface area (Å²) in [6.45, 7) is 0.260. The van der Waals surface area contributed by atoms with Crippen LogP contribution in [0.2, 0.25) is 0 Å². The van der Waals surface area contributed by atoms with Crippen molar-refractivity contribution in [1.29, 1.82) is 0 Å². The summed E-state index contributed by atoms with van der Waals surface area (Å²) < 4.78 is 76.3. The number of ether oxygens (including phenoxy) is 4. The van der Waals surface area contributed by atoms with Crippen molar-refractivity contribution >= 4 is 34.3 Å². The van der Waals surface area contributed by atoms with Crippen molar-refractivity contribution in [2.45, 2.75) is 63.3 Å². The maximum absolute atomic E-state index is 15.1. The number of hydrogen-bond acceptors (Lipinski definition) is 8. The highest BCUT2D eigenvalue weighted by Gasteiger charge is 2.30. The van der Waals surface area contributed by atoms with Gasteiger partial charge in [0.15, 0.2) is 23.1 Å². The summed E-state index contributed by atoms with van der Waals surface area (Å²) in [6, 6.07) is 11.0. The minimum absolute atomic E-state index is 0.0517. The van der Waals surface area contributed by atoms with Gasteiger partial charge in [0.1, 0.15) is 17.9 Å². The molecule has 0 spiro atoms. The molecule has 1 heterocycles. The van der Waals surface area contributed by atoms with Gasteiger partial charge in [-0.1, -0.05) is 6.42 Å². The Kier molecular flexibility index (Phi) is 11.4. The van der Waals surface area contributed by atoms with E-state index in [1.54, 1.807) is 18.2 Å². The first-order valence-electron chi connectivity index (χ1n) is 15.8. The van der Waals surface area contributed by atoms with E-state index in [1.165, 1.54) is 25.4 Å². The maximum atomic E-state index is 15.1. The first-order chi connectivity index (χ1) is 23.5. The summed E-state index contributed by atoms with van der Waals surface area (Å²) in [5, 5.41) is 5.33. The van der Waals surface area contributed by atoms with Crippen molar-refractivity contribution in [3.63, 3.8) is 0 Å². The highest BCUT2D eigenvalue weighted by molar-refractivity contribution is 5.99. The normalized spacial score (nSPS) is 14.2. The van der Waals surface area contributed by atoms with E-state index in [9.17, 15) is 22.8 Å². The van der Waals surface area contributed by atoms with Crippen molar-refractivity contribution in [2.24, 2.45) is 5.73 Å². The fourth-order valence-corrected chi connectivity index (χ4v) is 5.34. The molecule has 14 heteroatoms. The molecule has 10 nitrogen and oxygen atoms in total. The van der Waals surface area contributed by atoms with Gasteiger partial charge in [-0.05, 0) is 87.1 Å². The molecule has 4 N–H and O–H groups in total. The van der Waals surface area contributed by atoms with Crippen LogP contribution in [0.25, 0.3) is 10.9 Å². The number of aromatic nitrogens is 1. The third-order valence-corrected chi connectivity index (χ3v) is 7.92. The Bertz CT molecular complexity index is 1760. The van der Waals surface area contributed by atoms with Crippen LogP contribution in [0.15, 0.2) is 66.9 Å². The number of carbonyl (C=O) groups excluding carboxylic acids is 2. The Balaban J connectivity index is 1.17. The van der Waals surface area contributed by atoms with E-state index in [2.05, 4.69) is 15.6 Å². The maximum Gasteiger partial charge on any atom is 0.416 e. The number of hydrogen-bond donors (Lipinski definition) is 3. The van der Waals surface area contributed by atoms with E-state index in [-0.39, 0.29) is 35.6 Å². The topological polar surface area (TPSA) is 134 Å². The average molecular weight is 685 g/mol. The second kappa shape index (κ2) is 15.9. The first-order valence-corrected chi connectivity index (χ1v) is 15.8. The molecule has 0 aliphatic heterocycles. The lowest BCUT2D eigenvalue weighted by Crippen LogP contribution is -2.35. The molecular formula is C35H36F4N4O6. The third kappa shape index (κ3) is 9.50. The van der Waals surface area contributed by atoms with Crippen LogP contribution in [-0.4, -0.2) is 42.8 Å². The van der Waals surface area contributed by atoms with Crippen LogP contribution in [0.1, 0.15) is 50.5 Å². The van der Waals surface area contributed by atoms with Crippen molar-refractivity contribution in [2.75, 3.05) is 24.4 Å². The number of benzene rings is 3. The van der Waals surface area contributed by atoms with Crippen LogP contribution < -0.4 is 30.6 Å². The quantitative estimate of drug-likeness (QED) is 0.0773. The van der Waals surface area contributed by atoms with Gasteiger partial charge in [-0.3, -0.25) is 9.78 Å². The smallest absolute Gasteiger partial charge is 0.416 e. The molecule has 260 valence electrons. The molecule has 1 saturated carbocycles. The summed E-state index contributed by atoms with van der Waals surface area (Å²) in [5.41, 5.74) is 5.89. The lowest BCUT2D eigenvalue weighted by molar-refractivity contribution is -0.152. The fraction of sp³-hybridized carbons (Fsp3) is 0.343. The average Bonchev–Trinajstić information content (AvgIpc) is 3.07. The van der Waals surface area contributed by atoms with Gasteiger partial charge in [0.25, 0.3) is 0 Å². The molecule has 0 bridgehead atoms. The Morgan fingerprint density at radius 2 is 1.63 bits per heavy atom. The van der Waals surface area contributed by atoms with E-state index in [0.29, 0.717) is 35.2 Å². The molecule has 2 amide bonds. The highest BCUT2D eigenvalue weighted by atomic mass is 19.4. The van der Waals surface area contributed by atoms with E-state index >= 15 is 4.39 Å². The van der Waals surface area contributed by atoms with Crippen molar-refractivity contribution in [3.8, 4) is 23.0 Å². The zero-order valence-corrected chi connectivity index (χ0v) is 26.6. The van der Waals surface area contributed by atoms with Gasteiger partial charge >= 0.3 is 18.2 Å². The number of fused-ring (bicyclic) bond motifs is 1. The Morgan fingerprint density at radius 1 is 0.918 bits per heavy atom. The van der Waals surface area contributed by atoms with Crippen LogP contribution in [0.3, 0.4) is 0 Å². The van der Waals surface area contributed by atoms with Crippen LogP contribution in [0.4, 0.5) is 33.7 Å². The number of alkyl halides is 3. The number of urea groups is 1. The molecule has 1 aliphatic carbocycles. The Hall–Kier alpha value is -5.11. The molecule has 1 aliphatic rings. The summed E-state index contributed by atoms with van der Waals surface area (Å²) in [7, 11) is 1.47. The lowest BCUT2D eigenvalue weighted by Gasteiger charge is -2.23. The monoisotopic (exact) mass is 684 g/mol. The highest BCUT2D eigenvalue weighted by Crippen LogP contribution is 2.38. The minimum Gasteiger partial charge on any atom is -0.493 e. The molecule has 1 atom stereocenters. The molecule has 49 heavy (non-hydrogen) atoms. The number of nitrogens with one attached hydrogen (secondary N) is 2. The molecule has 0 radical (unpaired) electrons. The molecule has 1 fully saturated rings. The van der Waals surface area contributed by atoms with Crippen molar-refractivity contribution < 1.29 is 46.1 Å². The SMILES string of the molecule is COc1cc2c(Oc3ccc(NC(=O)Nc4ccc(C(F)(F)F)cc4)cc3F)ccnc2cc1OCCC[C@@H](N)C(=O)OC1CCCCC1. The first kappa shape index (κ1) is 35.2. The predicted octanol–water partition coefficient (Wildman–Crippen LogP) is 8.20. The van der Waals surface area contributed by atoms with E-state index in [1.807, 2.05) is 0 Å². The van der Waals surface area contributed by atoms with Gasteiger partial charge in [-0.25, -0.2) is 9.18 Å². The molecule has 1 aromatic heterocycles. The second-order valence-electron chi connectivity index (χ2n) is 11.5. The Morgan fingerprint density at radius 3 is 2.33 bits per heavy atom. The molecule has 0 saturated heterocycles. The zero-order valence-electron chi connectivity index (χ0n) is 26.6. The predicted molar refractivity (Wildman–Crippen MR) is 175 cm³/mol. The van der Waals surface area contributed by atoms with E-state index in [0.717, 1.165) is 62.4 Å². The number of carbonyl (C=O) groups is 2. The molecule has 3 aromatic carbocycles. The van der Waals surface area contributed by atoms with Crippen molar-refractivity contribution in [3.05, 3.63) is 78.2 Å². The van der Waals surface area contributed by atoms with E-state index in [4.69, 9.17) is 24.7 Å². The number of nitrogens with two attached hydrogens (primary N) is 1. The van der Waals surface area contributed by atoms with E-state index < -0.39 is 35.6 Å². The number of pyridine rings is 1. The van der Waals surface area contributed by atoms with Gasteiger partial charge in [0.05, 0.1) is 24.8 Å². The van der Waals surface area contributed by atoms with Crippen molar-refractivity contribution in [1.82, 2.24) is 4.98 Å². The summed E-state index contributed by atoms with van der Waals surface area (Å²) >= 11 is 0. The standard InChI is InChI=1S/C35H36F4N4O6/c1-46-31-19-25-28(20-32(31)47-17-5-8-27(40)33(44)48-24-6-3-2-4-7-24)41-16-15-29(25)49-30-14-13-23(18-26(30)36)43-34(45)42-22-11-9-21(10-12-22)35(37,38)39/h9-16,18-20,24,27H,2-8,17,40H2,1H3,(H2,42,43,45)/t27-/m1/s1. The number of rotatable bonds is 12.